The third-order valence-electron chi connectivity index (χ3n) is 13.7. The fourth-order valence-corrected chi connectivity index (χ4v) is 9.97. The largest absolute Gasteiger partial charge is 0.495 e. The SMILES string of the molecule is COc1ccccc1N1CCN(CCCCNC(=O)c2ccc3cc4ccccc4cc3c2)CC1.Cl.Cl.Cl.O=C(NCCCCN1CCN(c2ccccc2Cl)CC1)c1ccc2cc3ccccc3cc2c1. The molecule has 2 N–H and O–H groups in total. The number of hydrogen-bond acceptors (Lipinski definition) is 7. The summed E-state index contributed by atoms with van der Waals surface area (Å²) in [7, 11) is 1.73. The van der Waals surface area contributed by atoms with E-state index in [0.717, 1.165) is 140 Å². The zero-order valence-electron chi connectivity index (χ0n) is 40.9. The number of hydrogen-bond donors (Lipinski definition) is 2. The number of nitrogens with zero attached hydrogens (tertiary/aromatic N) is 4. The van der Waals surface area contributed by atoms with Gasteiger partial charge in [0.05, 0.1) is 23.5 Å². The van der Waals surface area contributed by atoms with Crippen molar-refractivity contribution >= 4 is 115 Å². The minimum Gasteiger partial charge on any atom is -0.495 e. The minimum atomic E-state index is 0. The van der Waals surface area contributed by atoms with E-state index in [1.165, 1.54) is 27.2 Å². The van der Waals surface area contributed by atoms with E-state index in [0.29, 0.717) is 13.1 Å². The third-order valence-corrected chi connectivity index (χ3v) is 14.0. The Morgan fingerprint density at radius 2 is 0.819 bits per heavy atom. The quantitative estimate of drug-likeness (QED) is 0.0782. The molecule has 2 heterocycles. The normalized spacial score (nSPS) is 13.9. The first-order valence-corrected chi connectivity index (χ1v) is 25.0. The molecular formula is C59H66Cl4N6O3. The fourth-order valence-electron chi connectivity index (χ4n) is 9.72. The van der Waals surface area contributed by atoms with Crippen LogP contribution in [0.25, 0.3) is 43.1 Å². The Balaban J connectivity index is 0.000000226. The van der Waals surface area contributed by atoms with Crippen LogP contribution in [0.3, 0.4) is 0 Å². The van der Waals surface area contributed by atoms with Gasteiger partial charge in [0.15, 0.2) is 0 Å². The summed E-state index contributed by atoms with van der Waals surface area (Å²) in [4.78, 5) is 35.2. The average molecular weight is 1050 g/mol. The van der Waals surface area contributed by atoms with Crippen LogP contribution >= 0.6 is 48.8 Å². The molecule has 2 aliphatic rings. The zero-order chi connectivity index (χ0) is 47.4. The van der Waals surface area contributed by atoms with Crippen molar-refractivity contribution in [2.75, 3.05) is 95.4 Å². The van der Waals surface area contributed by atoms with Crippen LogP contribution in [0.1, 0.15) is 46.4 Å². The number of fused-ring (bicyclic) bond motifs is 4. The molecule has 9 nitrogen and oxygen atoms in total. The van der Waals surface area contributed by atoms with Crippen LogP contribution in [0, 0.1) is 0 Å². The van der Waals surface area contributed by atoms with Crippen molar-refractivity contribution in [2.24, 2.45) is 0 Å². The molecule has 0 bridgehead atoms. The molecule has 2 saturated heterocycles. The Labute approximate surface area is 448 Å². The van der Waals surface area contributed by atoms with E-state index in [9.17, 15) is 9.59 Å². The number of carbonyl (C=O) groups excluding carboxylic acids is 2. The molecule has 378 valence electrons. The van der Waals surface area contributed by atoms with Crippen LogP contribution in [0.2, 0.25) is 5.02 Å². The van der Waals surface area contributed by atoms with Crippen molar-refractivity contribution in [3.05, 3.63) is 174 Å². The van der Waals surface area contributed by atoms with Crippen molar-refractivity contribution in [2.45, 2.75) is 25.7 Å². The van der Waals surface area contributed by atoms with Gasteiger partial charge in [0.1, 0.15) is 5.75 Å². The fraction of sp³-hybridized carbons (Fsp3) is 0.288. The van der Waals surface area contributed by atoms with Gasteiger partial charge in [-0.3, -0.25) is 19.4 Å². The van der Waals surface area contributed by atoms with Gasteiger partial charge in [0.25, 0.3) is 11.8 Å². The Bertz CT molecular complexity index is 3030. The number of ether oxygens (including phenoxy) is 1. The van der Waals surface area contributed by atoms with Gasteiger partial charge in [-0.2, -0.15) is 0 Å². The number of methoxy groups -OCH3 is 1. The molecule has 0 aromatic heterocycles. The maximum Gasteiger partial charge on any atom is 0.251 e. The predicted octanol–water partition coefficient (Wildman–Crippen LogP) is 12.6. The monoisotopic (exact) mass is 1050 g/mol. The summed E-state index contributed by atoms with van der Waals surface area (Å²) in [5.41, 5.74) is 3.76. The van der Waals surface area contributed by atoms with Gasteiger partial charge in [-0.05, 0) is 155 Å². The van der Waals surface area contributed by atoms with Gasteiger partial charge in [-0.1, -0.05) is 96.5 Å². The molecular weight excluding hydrogens is 982 g/mol. The van der Waals surface area contributed by atoms with Crippen LogP contribution in [-0.2, 0) is 0 Å². The molecule has 0 radical (unpaired) electrons. The molecule has 0 spiro atoms. The highest BCUT2D eigenvalue weighted by Gasteiger charge is 2.20. The number of unbranched alkanes of at least 4 members (excludes halogenated alkanes) is 2. The van der Waals surface area contributed by atoms with E-state index in [2.05, 4.69) is 109 Å². The van der Waals surface area contributed by atoms with E-state index < -0.39 is 0 Å². The molecule has 72 heavy (non-hydrogen) atoms. The number of nitrogens with one attached hydrogen (secondary N) is 2. The number of rotatable bonds is 15. The maximum atomic E-state index is 12.7. The Hall–Kier alpha value is -5.78. The molecule has 0 atom stereocenters. The van der Waals surface area contributed by atoms with Gasteiger partial charge in [-0.25, -0.2) is 0 Å². The van der Waals surface area contributed by atoms with Crippen molar-refractivity contribution in [3.63, 3.8) is 0 Å². The number of halogens is 4. The van der Waals surface area contributed by atoms with E-state index in [-0.39, 0.29) is 49.0 Å². The van der Waals surface area contributed by atoms with Gasteiger partial charge in [-0.15, -0.1) is 37.2 Å². The van der Waals surface area contributed by atoms with Gasteiger partial charge in [0, 0.05) is 76.6 Å². The summed E-state index contributed by atoms with van der Waals surface area (Å²) in [6.07, 6.45) is 4.13. The number of para-hydroxylation sites is 3. The lowest BCUT2D eigenvalue weighted by Crippen LogP contribution is -2.46. The first kappa shape index (κ1) is 55.5. The topological polar surface area (TPSA) is 80.4 Å². The molecule has 2 amide bonds. The first-order chi connectivity index (χ1) is 33.9. The van der Waals surface area contributed by atoms with Crippen LogP contribution < -0.4 is 25.2 Å². The standard InChI is InChI=1S/C30H33N3O2.C29H30ClN3O.3ClH/c1-35-29-11-5-4-10-28(29)33-18-16-32(17-19-33)15-7-6-14-31-30(34)26-13-12-25-20-23-8-2-3-9-24(23)21-27(25)22-26;30-27-9-3-4-10-28(27)33-17-15-32(16-18-33)14-6-5-13-31-29(34)25-12-11-24-19-22-7-1-2-8-23(22)20-26(24)21-25;;;/h2-5,8-13,20-22H,6-7,14-19H2,1H3,(H,31,34);1-4,7-12,19-21H,5-6,13-18H2,(H,31,34);3*1H. The molecule has 2 fully saturated rings. The summed E-state index contributed by atoms with van der Waals surface area (Å²) in [6, 6.07) is 53.6. The molecule has 10 rings (SSSR count). The predicted molar refractivity (Wildman–Crippen MR) is 310 cm³/mol. The Morgan fingerprint density at radius 1 is 0.444 bits per heavy atom. The Morgan fingerprint density at radius 3 is 1.26 bits per heavy atom. The average Bonchev–Trinajstić information content (AvgIpc) is 3.39. The lowest BCUT2D eigenvalue weighted by molar-refractivity contribution is 0.0944. The molecule has 8 aromatic rings. The Kier molecular flexibility index (Phi) is 21.1. The smallest absolute Gasteiger partial charge is 0.251 e. The van der Waals surface area contributed by atoms with E-state index in [1.807, 2.05) is 78.9 Å². The summed E-state index contributed by atoms with van der Waals surface area (Å²) < 4.78 is 5.52. The number of amides is 2. The van der Waals surface area contributed by atoms with Crippen LogP contribution in [0.5, 0.6) is 5.75 Å². The van der Waals surface area contributed by atoms with E-state index in [1.54, 1.807) is 7.11 Å². The molecule has 13 heteroatoms. The summed E-state index contributed by atoms with van der Waals surface area (Å²) >= 11 is 6.34. The summed E-state index contributed by atoms with van der Waals surface area (Å²) in [5, 5.41) is 16.4. The van der Waals surface area contributed by atoms with Crippen molar-refractivity contribution in [1.82, 2.24) is 20.4 Å². The van der Waals surface area contributed by atoms with E-state index >= 15 is 0 Å². The van der Waals surface area contributed by atoms with Crippen molar-refractivity contribution in [1.29, 1.82) is 0 Å². The number of anilines is 2. The lowest BCUT2D eigenvalue weighted by atomic mass is 10.0. The third kappa shape index (κ3) is 14.2. The van der Waals surface area contributed by atoms with Crippen LogP contribution in [0.4, 0.5) is 11.4 Å². The van der Waals surface area contributed by atoms with Gasteiger partial charge >= 0.3 is 0 Å². The number of piperazine rings is 2. The molecule has 0 saturated carbocycles. The highest BCUT2D eigenvalue weighted by atomic mass is 35.5. The lowest BCUT2D eigenvalue weighted by Gasteiger charge is -2.36. The highest BCUT2D eigenvalue weighted by molar-refractivity contribution is 6.33. The first-order valence-electron chi connectivity index (χ1n) is 24.6. The van der Waals surface area contributed by atoms with Crippen molar-refractivity contribution in [3.8, 4) is 5.75 Å². The molecule has 8 aromatic carbocycles. The zero-order valence-corrected chi connectivity index (χ0v) is 44.1. The van der Waals surface area contributed by atoms with Gasteiger partial charge < -0.3 is 25.2 Å². The summed E-state index contributed by atoms with van der Waals surface area (Å²) in [6.45, 7) is 11.7. The van der Waals surface area contributed by atoms with Crippen LogP contribution in [-0.4, -0.2) is 107 Å². The highest BCUT2D eigenvalue weighted by Crippen LogP contribution is 2.30. The number of carbonyl (C=O) groups is 2. The van der Waals surface area contributed by atoms with Crippen LogP contribution in [0.15, 0.2) is 158 Å². The van der Waals surface area contributed by atoms with Crippen molar-refractivity contribution < 1.29 is 14.3 Å². The molecule has 2 aliphatic heterocycles. The summed E-state index contributed by atoms with van der Waals surface area (Å²) in [5.74, 6) is 0.949. The minimum absolute atomic E-state index is 0. The second-order valence-electron chi connectivity index (χ2n) is 18.2. The molecule has 0 aliphatic carbocycles. The van der Waals surface area contributed by atoms with Gasteiger partial charge in [0.2, 0.25) is 0 Å². The second-order valence-corrected chi connectivity index (χ2v) is 18.6. The maximum absolute atomic E-state index is 12.7. The molecule has 0 unspecified atom stereocenters. The second kappa shape index (κ2) is 27.3. The number of benzene rings is 8. The van der Waals surface area contributed by atoms with E-state index in [4.69, 9.17) is 16.3 Å².